The van der Waals surface area contributed by atoms with Gasteiger partial charge in [0.25, 0.3) is 0 Å². The molecule has 2 heterocycles. The van der Waals surface area contributed by atoms with E-state index < -0.39 is 24.1 Å². The number of urea groups is 1. The molecule has 0 unspecified atom stereocenters. The molecule has 1 fully saturated rings. The number of anilines is 1. The maximum atomic E-state index is 12.6. The number of carbonyl (C=O) groups is 2. The van der Waals surface area contributed by atoms with Gasteiger partial charge in [-0.3, -0.25) is 0 Å². The van der Waals surface area contributed by atoms with E-state index in [0.717, 1.165) is 0 Å². The Labute approximate surface area is 143 Å². The number of methoxy groups -OCH3 is 1. The highest BCUT2D eigenvalue weighted by atomic mass is 16.5. The number of aryl methyl sites for hydroxylation is 1. The molecule has 0 aliphatic carbocycles. The number of amides is 2. The zero-order valence-corrected chi connectivity index (χ0v) is 13.8. The summed E-state index contributed by atoms with van der Waals surface area (Å²) >= 11 is 0. The van der Waals surface area contributed by atoms with Crippen LogP contribution in [0.25, 0.3) is 11.0 Å². The predicted molar refractivity (Wildman–Crippen MR) is 87.6 cm³/mol. The number of hydrogen-bond acceptors (Lipinski definition) is 6. The first-order valence-electron chi connectivity index (χ1n) is 7.65. The molecule has 1 aromatic heterocycles. The van der Waals surface area contributed by atoms with Crippen LogP contribution in [0.4, 0.5) is 10.5 Å². The molecular formula is C16H17N5O4. The summed E-state index contributed by atoms with van der Waals surface area (Å²) in [7, 11) is 2.97. The van der Waals surface area contributed by atoms with E-state index in [4.69, 9.17) is 0 Å². The second-order valence-corrected chi connectivity index (χ2v) is 5.77. The summed E-state index contributed by atoms with van der Waals surface area (Å²) in [5, 5.41) is 21.9. The number of benzene rings is 1. The number of aliphatic hydroxyl groups is 1. The summed E-state index contributed by atoms with van der Waals surface area (Å²) < 4.78 is 6.36. The largest absolute Gasteiger partial charge is 0.467 e. The Hall–Kier alpha value is -3.12. The number of ether oxygens (including phenoxy) is 1. The van der Waals surface area contributed by atoms with Crippen molar-refractivity contribution in [3.63, 3.8) is 0 Å². The molecular weight excluding hydrogens is 326 g/mol. The molecule has 2 N–H and O–H groups in total. The van der Waals surface area contributed by atoms with Crippen LogP contribution in [0.1, 0.15) is 12.0 Å². The van der Waals surface area contributed by atoms with Crippen LogP contribution in [-0.4, -0.2) is 57.4 Å². The summed E-state index contributed by atoms with van der Waals surface area (Å²) in [6.45, 7) is 0.231. The van der Waals surface area contributed by atoms with Gasteiger partial charge in [0.15, 0.2) is 6.04 Å². The topological polar surface area (TPSA) is 120 Å². The normalized spacial score (nSPS) is 19.7. The third kappa shape index (κ3) is 2.77. The van der Waals surface area contributed by atoms with Crippen molar-refractivity contribution in [2.75, 3.05) is 19.0 Å². The molecule has 1 aromatic carbocycles. The smallest absolute Gasteiger partial charge is 0.331 e. The van der Waals surface area contributed by atoms with Crippen LogP contribution in [0.15, 0.2) is 18.5 Å². The Kier molecular flexibility index (Phi) is 4.29. The van der Waals surface area contributed by atoms with Crippen LogP contribution >= 0.6 is 0 Å². The van der Waals surface area contributed by atoms with Gasteiger partial charge in [0.05, 0.1) is 36.3 Å². The molecule has 2 atom stereocenters. The lowest BCUT2D eigenvalue weighted by Gasteiger charge is -2.24. The van der Waals surface area contributed by atoms with Gasteiger partial charge in [-0.25, -0.2) is 14.6 Å². The van der Waals surface area contributed by atoms with E-state index in [9.17, 15) is 20.0 Å². The number of likely N-dealkylation sites (tertiary alicyclic amines) is 1. The quantitative estimate of drug-likeness (QED) is 0.770. The van der Waals surface area contributed by atoms with E-state index in [-0.39, 0.29) is 6.54 Å². The molecule has 1 aliphatic rings. The van der Waals surface area contributed by atoms with Crippen LogP contribution in [0, 0.1) is 11.3 Å². The Balaban J connectivity index is 1.90. The van der Waals surface area contributed by atoms with Crippen LogP contribution < -0.4 is 5.32 Å². The number of nitrogens with zero attached hydrogens (tertiary/aromatic N) is 4. The van der Waals surface area contributed by atoms with Crippen molar-refractivity contribution in [2.24, 2.45) is 7.05 Å². The van der Waals surface area contributed by atoms with Crippen LogP contribution in [0.2, 0.25) is 0 Å². The third-order valence-electron chi connectivity index (χ3n) is 4.30. The number of fused-ring (bicyclic) bond motifs is 1. The van der Waals surface area contributed by atoms with Crippen molar-refractivity contribution in [3.05, 3.63) is 24.0 Å². The fourth-order valence-electron chi connectivity index (χ4n) is 3.06. The number of carbonyl (C=O) groups excluding carboxylic acids is 2. The number of nitrogens with one attached hydrogen (secondary N) is 1. The number of nitriles is 1. The van der Waals surface area contributed by atoms with E-state index in [1.165, 1.54) is 12.0 Å². The van der Waals surface area contributed by atoms with Gasteiger partial charge < -0.3 is 24.6 Å². The monoisotopic (exact) mass is 343 g/mol. The lowest BCUT2D eigenvalue weighted by molar-refractivity contribution is -0.147. The molecule has 0 saturated carbocycles. The van der Waals surface area contributed by atoms with E-state index in [1.807, 2.05) is 0 Å². The summed E-state index contributed by atoms with van der Waals surface area (Å²) in [4.78, 5) is 29.9. The van der Waals surface area contributed by atoms with E-state index in [0.29, 0.717) is 28.7 Å². The average molecular weight is 343 g/mol. The van der Waals surface area contributed by atoms with Gasteiger partial charge in [0, 0.05) is 13.6 Å². The Morgan fingerprint density at radius 2 is 2.24 bits per heavy atom. The average Bonchev–Trinajstić information content (AvgIpc) is 3.18. The lowest BCUT2D eigenvalue weighted by Crippen LogP contribution is -2.47. The van der Waals surface area contributed by atoms with Crippen molar-refractivity contribution in [1.29, 1.82) is 5.26 Å². The molecule has 25 heavy (non-hydrogen) atoms. The minimum atomic E-state index is -1.04. The second-order valence-electron chi connectivity index (χ2n) is 5.77. The highest BCUT2D eigenvalue weighted by Gasteiger charge is 2.42. The number of hydrogen-bond donors (Lipinski definition) is 2. The van der Waals surface area contributed by atoms with Crippen molar-refractivity contribution >= 4 is 28.7 Å². The first kappa shape index (κ1) is 16.7. The minimum Gasteiger partial charge on any atom is -0.467 e. The maximum absolute atomic E-state index is 12.6. The summed E-state index contributed by atoms with van der Waals surface area (Å²) in [6, 6.07) is 3.69. The minimum absolute atomic E-state index is 0.231. The zero-order chi connectivity index (χ0) is 18.1. The van der Waals surface area contributed by atoms with Crippen LogP contribution in [0.5, 0.6) is 0 Å². The molecule has 2 aromatic rings. The molecule has 9 heteroatoms. The van der Waals surface area contributed by atoms with Crippen molar-refractivity contribution in [3.8, 4) is 6.07 Å². The SMILES string of the molecule is COC(=O)[C@@H]1[C@H](O)CCN1C(=O)Nc1ccc(C#N)c2c1ncn2C. The van der Waals surface area contributed by atoms with Gasteiger partial charge >= 0.3 is 12.0 Å². The maximum Gasteiger partial charge on any atom is 0.331 e. The first-order valence-corrected chi connectivity index (χ1v) is 7.65. The van der Waals surface area contributed by atoms with Crippen molar-refractivity contribution < 1.29 is 19.4 Å². The van der Waals surface area contributed by atoms with E-state index >= 15 is 0 Å². The molecule has 0 spiro atoms. The number of rotatable bonds is 2. The molecule has 2 amide bonds. The summed E-state index contributed by atoms with van der Waals surface area (Å²) in [6.07, 6.45) is 0.881. The Morgan fingerprint density at radius 1 is 1.48 bits per heavy atom. The molecule has 0 radical (unpaired) electrons. The molecule has 9 nitrogen and oxygen atoms in total. The van der Waals surface area contributed by atoms with E-state index in [2.05, 4.69) is 21.1 Å². The number of aromatic nitrogens is 2. The molecule has 3 rings (SSSR count). The number of imidazole rings is 1. The fourth-order valence-corrected chi connectivity index (χ4v) is 3.06. The van der Waals surface area contributed by atoms with Gasteiger partial charge in [0.1, 0.15) is 11.6 Å². The third-order valence-corrected chi connectivity index (χ3v) is 4.30. The number of aliphatic hydroxyl groups excluding tert-OH is 1. The molecule has 130 valence electrons. The Bertz CT molecular complexity index is 885. The summed E-state index contributed by atoms with van der Waals surface area (Å²) in [5.74, 6) is -0.664. The van der Waals surface area contributed by atoms with Gasteiger partial charge in [-0.2, -0.15) is 5.26 Å². The van der Waals surface area contributed by atoms with Gasteiger partial charge in [-0.05, 0) is 18.6 Å². The van der Waals surface area contributed by atoms with Crippen molar-refractivity contribution in [1.82, 2.24) is 14.5 Å². The van der Waals surface area contributed by atoms with E-state index in [1.54, 1.807) is 30.1 Å². The molecule has 1 saturated heterocycles. The summed E-state index contributed by atoms with van der Waals surface area (Å²) in [5.41, 5.74) is 1.94. The zero-order valence-electron chi connectivity index (χ0n) is 13.8. The lowest BCUT2D eigenvalue weighted by atomic mass is 10.1. The highest BCUT2D eigenvalue weighted by molar-refractivity contribution is 6.01. The Morgan fingerprint density at radius 3 is 2.92 bits per heavy atom. The van der Waals surface area contributed by atoms with Crippen molar-refractivity contribution in [2.45, 2.75) is 18.6 Å². The van der Waals surface area contributed by atoms with Crippen LogP contribution in [-0.2, 0) is 16.6 Å². The van der Waals surface area contributed by atoms with Gasteiger partial charge in [-0.1, -0.05) is 0 Å². The predicted octanol–water partition coefficient (Wildman–Crippen LogP) is 0.585. The molecule has 1 aliphatic heterocycles. The standard InChI is InChI=1S/C16H17N5O4/c1-20-8-18-12-10(4-3-9(7-17)13(12)20)19-16(24)21-6-5-11(22)14(21)15(23)25-2/h3-4,8,11,14,22H,5-6H2,1-2H3,(H,19,24)/t11-,14+/m1/s1. The second kappa shape index (κ2) is 6.41. The fraction of sp³-hybridized carbons (Fsp3) is 0.375. The first-order chi connectivity index (χ1) is 12.0. The molecule has 0 bridgehead atoms. The van der Waals surface area contributed by atoms with Gasteiger partial charge in [-0.15, -0.1) is 0 Å². The van der Waals surface area contributed by atoms with Gasteiger partial charge in [0.2, 0.25) is 0 Å². The number of esters is 1. The highest BCUT2D eigenvalue weighted by Crippen LogP contribution is 2.26. The van der Waals surface area contributed by atoms with Crippen LogP contribution in [0.3, 0.4) is 0 Å².